The Morgan fingerprint density at radius 1 is 1.00 bits per heavy atom. The molecule has 3 aromatic carbocycles. The number of H-pyrrole nitrogens is 1. The zero-order chi connectivity index (χ0) is 23.4. The molecule has 0 aliphatic rings. The van der Waals surface area contributed by atoms with Gasteiger partial charge in [-0.3, -0.25) is 4.79 Å². The predicted octanol–water partition coefficient (Wildman–Crippen LogP) is 5.07. The molecule has 1 heterocycles. The second kappa shape index (κ2) is 10.2. The van der Waals surface area contributed by atoms with E-state index in [0.717, 1.165) is 14.7 Å². The molecule has 0 spiro atoms. The van der Waals surface area contributed by atoms with Gasteiger partial charge in [-0.05, 0) is 64.8 Å². The smallest absolute Gasteiger partial charge is 0.349 e. The fourth-order valence-electron chi connectivity index (χ4n) is 3.15. The maximum Gasteiger partial charge on any atom is 0.349 e. The molecule has 0 bridgehead atoms. The van der Waals surface area contributed by atoms with Gasteiger partial charge in [0.25, 0.3) is 5.56 Å². The van der Waals surface area contributed by atoms with Crippen LogP contribution in [0.15, 0.2) is 84.3 Å². The molecular formula is C24H19Br2N3O4. The van der Waals surface area contributed by atoms with Gasteiger partial charge in [0.1, 0.15) is 6.61 Å². The quantitative estimate of drug-likeness (QED) is 0.313. The first kappa shape index (κ1) is 23.0. The highest BCUT2D eigenvalue weighted by Gasteiger charge is 2.12. The maximum absolute atomic E-state index is 12.7. The lowest BCUT2D eigenvalue weighted by molar-refractivity contribution is 0.269. The van der Waals surface area contributed by atoms with E-state index in [1.165, 1.54) is 6.21 Å². The van der Waals surface area contributed by atoms with Crippen LogP contribution in [0.1, 0.15) is 18.1 Å². The summed E-state index contributed by atoms with van der Waals surface area (Å²) in [5, 5.41) is 4.50. The molecule has 0 aliphatic heterocycles. The number of aromatic amines is 1. The number of para-hydroxylation sites is 1. The van der Waals surface area contributed by atoms with Gasteiger partial charge in [0.2, 0.25) is 0 Å². The van der Waals surface area contributed by atoms with Gasteiger partial charge in [0, 0.05) is 14.5 Å². The number of rotatable bonds is 7. The third-order valence-electron chi connectivity index (χ3n) is 4.77. The third-order valence-corrected chi connectivity index (χ3v) is 5.98. The average molecular weight is 573 g/mol. The summed E-state index contributed by atoms with van der Waals surface area (Å²) in [5.74, 6) is 1.09. The summed E-state index contributed by atoms with van der Waals surface area (Å²) in [6.07, 6.45) is 1.43. The van der Waals surface area contributed by atoms with Crippen molar-refractivity contribution in [3.05, 3.63) is 102 Å². The Morgan fingerprint density at radius 2 is 1.73 bits per heavy atom. The standard InChI is InChI=1S/C24H19Br2N3O4/c1-2-32-21-11-16(19(26)12-22(21)33-14-15-7-9-17(25)10-8-15)13-27-29-23(30)18-5-3-4-6-20(18)28-24(29)31/h3-13H,2,14H2,1H3,(H,28,31). The molecule has 0 saturated heterocycles. The van der Waals surface area contributed by atoms with Gasteiger partial charge in [0.15, 0.2) is 11.5 Å². The van der Waals surface area contributed by atoms with Crippen molar-refractivity contribution in [2.45, 2.75) is 13.5 Å². The number of nitrogens with zero attached hydrogens (tertiary/aromatic N) is 2. The Bertz CT molecular complexity index is 1440. The Balaban J connectivity index is 1.64. The van der Waals surface area contributed by atoms with Crippen molar-refractivity contribution in [2.24, 2.45) is 5.10 Å². The molecule has 4 aromatic rings. The van der Waals surface area contributed by atoms with E-state index < -0.39 is 11.2 Å². The normalized spacial score (nSPS) is 11.2. The van der Waals surface area contributed by atoms with E-state index in [2.05, 4.69) is 41.9 Å². The SMILES string of the molecule is CCOc1cc(C=Nn2c(=O)[nH]c3ccccc3c2=O)c(Br)cc1OCc1ccc(Br)cc1. The van der Waals surface area contributed by atoms with Crippen molar-refractivity contribution in [1.82, 2.24) is 9.66 Å². The Hall–Kier alpha value is -3.17. The summed E-state index contributed by atoms with van der Waals surface area (Å²) in [6, 6.07) is 18.2. The first-order chi connectivity index (χ1) is 16.0. The molecule has 0 fully saturated rings. The monoisotopic (exact) mass is 571 g/mol. The van der Waals surface area contributed by atoms with E-state index >= 15 is 0 Å². The van der Waals surface area contributed by atoms with Crippen LogP contribution in [0.3, 0.4) is 0 Å². The number of fused-ring (bicyclic) bond motifs is 1. The first-order valence-electron chi connectivity index (χ1n) is 10.1. The molecule has 0 saturated carbocycles. The molecule has 0 aliphatic carbocycles. The van der Waals surface area contributed by atoms with Crippen LogP contribution < -0.4 is 20.7 Å². The van der Waals surface area contributed by atoms with Crippen LogP contribution in [0.4, 0.5) is 0 Å². The predicted molar refractivity (Wildman–Crippen MR) is 136 cm³/mol. The second-order valence-corrected chi connectivity index (χ2v) is 8.78. The number of ether oxygens (including phenoxy) is 2. The minimum Gasteiger partial charge on any atom is -0.490 e. The van der Waals surface area contributed by atoms with Crippen LogP contribution in [0, 0.1) is 0 Å². The van der Waals surface area contributed by atoms with Gasteiger partial charge < -0.3 is 14.5 Å². The number of halogens is 2. The zero-order valence-electron chi connectivity index (χ0n) is 17.5. The maximum atomic E-state index is 12.7. The number of aromatic nitrogens is 2. The molecule has 0 radical (unpaired) electrons. The number of hydrogen-bond acceptors (Lipinski definition) is 5. The van der Waals surface area contributed by atoms with Crippen molar-refractivity contribution in [3.63, 3.8) is 0 Å². The van der Waals surface area contributed by atoms with E-state index in [-0.39, 0.29) is 0 Å². The van der Waals surface area contributed by atoms with Crippen molar-refractivity contribution < 1.29 is 9.47 Å². The molecule has 1 N–H and O–H groups in total. The fourth-order valence-corrected chi connectivity index (χ4v) is 3.84. The lowest BCUT2D eigenvalue weighted by Crippen LogP contribution is -2.32. The van der Waals surface area contributed by atoms with E-state index in [0.29, 0.717) is 45.7 Å². The molecule has 4 rings (SSSR count). The van der Waals surface area contributed by atoms with Crippen molar-refractivity contribution >= 4 is 49.0 Å². The summed E-state index contributed by atoms with van der Waals surface area (Å²) in [6.45, 7) is 2.69. The zero-order valence-corrected chi connectivity index (χ0v) is 20.7. The molecule has 1 aromatic heterocycles. The van der Waals surface area contributed by atoms with Crippen LogP contribution in [-0.4, -0.2) is 22.5 Å². The average Bonchev–Trinajstić information content (AvgIpc) is 2.80. The highest BCUT2D eigenvalue weighted by Crippen LogP contribution is 2.34. The minimum atomic E-state index is -0.620. The molecule has 33 heavy (non-hydrogen) atoms. The fraction of sp³-hybridized carbons (Fsp3) is 0.125. The molecule has 0 unspecified atom stereocenters. The Labute approximate surface area is 205 Å². The number of nitrogens with one attached hydrogen (secondary N) is 1. The van der Waals surface area contributed by atoms with Gasteiger partial charge in [-0.1, -0.05) is 40.2 Å². The van der Waals surface area contributed by atoms with Crippen LogP contribution in [0.25, 0.3) is 10.9 Å². The van der Waals surface area contributed by atoms with E-state index in [4.69, 9.17) is 9.47 Å². The molecular weight excluding hydrogens is 554 g/mol. The molecule has 7 nitrogen and oxygen atoms in total. The van der Waals surface area contributed by atoms with Gasteiger partial charge in [-0.25, -0.2) is 4.79 Å². The molecule has 0 atom stereocenters. The Kier molecular flexibility index (Phi) is 7.10. The topological polar surface area (TPSA) is 85.7 Å². The lowest BCUT2D eigenvalue weighted by atomic mass is 10.2. The van der Waals surface area contributed by atoms with Crippen LogP contribution in [-0.2, 0) is 6.61 Å². The molecule has 9 heteroatoms. The van der Waals surface area contributed by atoms with Gasteiger partial charge in [-0.2, -0.15) is 5.10 Å². The summed E-state index contributed by atoms with van der Waals surface area (Å²) in [7, 11) is 0. The van der Waals surface area contributed by atoms with Crippen molar-refractivity contribution in [1.29, 1.82) is 0 Å². The summed E-state index contributed by atoms with van der Waals surface area (Å²) >= 11 is 6.93. The molecule has 168 valence electrons. The highest BCUT2D eigenvalue weighted by atomic mass is 79.9. The Morgan fingerprint density at radius 3 is 2.48 bits per heavy atom. The van der Waals surface area contributed by atoms with Crippen molar-refractivity contribution in [3.8, 4) is 11.5 Å². The minimum absolute atomic E-state index is 0.370. The second-order valence-electron chi connectivity index (χ2n) is 7.01. The van der Waals surface area contributed by atoms with E-state index in [9.17, 15) is 9.59 Å². The highest BCUT2D eigenvalue weighted by molar-refractivity contribution is 9.10. The van der Waals surface area contributed by atoms with Crippen LogP contribution in [0.2, 0.25) is 0 Å². The van der Waals surface area contributed by atoms with E-state index in [1.807, 2.05) is 31.2 Å². The summed E-state index contributed by atoms with van der Waals surface area (Å²) < 4.78 is 14.2. The largest absolute Gasteiger partial charge is 0.490 e. The summed E-state index contributed by atoms with van der Waals surface area (Å²) in [5.41, 5.74) is 0.976. The van der Waals surface area contributed by atoms with Crippen LogP contribution >= 0.6 is 31.9 Å². The van der Waals surface area contributed by atoms with Gasteiger partial charge >= 0.3 is 5.69 Å². The lowest BCUT2D eigenvalue weighted by Gasteiger charge is -2.14. The van der Waals surface area contributed by atoms with Crippen molar-refractivity contribution in [2.75, 3.05) is 6.61 Å². The number of benzene rings is 3. The van der Waals surface area contributed by atoms with Crippen LogP contribution in [0.5, 0.6) is 11.5 Å². The number of hydrogen-bond donors (Lipinski definition) is 1. The van der Waals surface area contributed by atoms with E-state index in [1.54, 1.807) is 36.4 Å². The third kappa shape index (κ3) is 5.26. The van der Waals surface area contributed by atoms with Gasteiger partial charge in [0.05, 0.1) is 23.7 Å². The summed E-state index contributed by atoms with van der Waals surface area (Å²) in [4.78, 5) is 27.7. The van der Waals surface area contributed by atoms with Gasteiger partial charge in [-0.15, -0.1) is 4.68 Å². The first-order valence-corrected chi connectivity index (χ1v) is 11.7. The molecule has 0 amide bonds.